The van der Waals surface area contributed by atoms with Crippen LogP contribution in [0.5, 0.6) is 11.5 Å². The minimum Gasteiger partial charge on any atom is -0.490 e. The molecular formula is C17H28N2O2. The quantitative estimate of drug-likeness (QED) is 0.798. The van der Waals surface area contributed by atoms with Crippen LogP contribution in [0, 0.1) is 5.41 Å². The van der Waals surface area contributed by atoms with Crippen molar-refractivity contribution in [2.45, 2.75) is 20.3 Å². The maximum atomic E-state index is 5.90. The molecule has 0 aromatic heterocycles. The lowest BCUT2D eigenvalue weighted by Gasteiger charge is -2.24. The number of rotatable bonds is 8. The standard InChI is InChI=1S/C17H28N2O2/c1-4-20-15-7-5-6-8-16(15)21-12-11-19-10-9-17(2,14-19)13-18-3/h5-8,18H,4,9-14H2,1-3H3. The summed E-state index contributed by atoms with van der Waals surface area (Å²) in [5.74, 6) is 1.68. The molecule has 4 nitrogen and oxygen atoms in total. The number of likely N-dealkylation sites (tertiary alicyclic amines) is 1. The minimum absolute atomic E-state index is 0.401. The van der Waals surface area contributed by atoms with Gasteiger partial charge in [-0.3, -0.25) is 4.90 Å². The summed E-state index contributed by atoms with van der Waals surface area (Å²) >= 11 is 0. The lowest BCUT2D eigenvalue weighted by atomic mass is 9.90. The van der Waals surface area contributed by atoms with Gasteiger partial charge in [-0.25, -0.2) is 0 Å². The van der Waals surface area contributed by atoms with E-state index < -0.39 is 0 Å². The molecule has 1 N–H and O–H groups in total. The van der Waals surface area contributed by atoms with Gasteiger partial charge in [-0.15, -0.1) is 0 Å². The molecule has 21 heavy (non-hydrogen) atoms. The Kier molecular flexibility index (Phi) is 5.88. The second-order valence-corrected chi connectivity index (χ2v) is 6.10. The van der Waals surface area contributed by atoms with Crippen LogP contribution in [0.2, 0.25) is 0 Å². The van der Waals surface area contributed by atoms with Gasteiger partial charge in [-0.05, 0) is 44.5 Å². The molecule has 1 aliphatic rings. The first-order valence-electron chi connectivity index (χ1n) is 7.88. The van der Waals surface area contributed by atoms with E-state index in [9.17, 15) is 0 Å². The Bertz CT molecular complexity index is 439. The molecule has 0 amide bonds. The van der Waals surface area contributed by atoms with Gasteiger partial charge in [0.05, 0.1) is 6.61 Å². The monoisotopic (exact) mass is 292 g/mol. The van der Waals surface area contributed by atoms with Crippen molar-refractivity contribution >= 4 is 0 Å². The fraction of sp³-hybridized carbons (Fsp3) is 0.647. The van der Waals surface area contributed by atoms with Crippen molar-refractivity contribution in [1.82, 2.24) is 10.2 Å². The van der Waals surface area contributed by atoms with E-state index in [1.807, 2.05) is 38.2 Å². The van der Waals surface area contributed by atoms with E-state index in [0.29, 0.717) is 18.6 Å². The Hall–Kier alpha value is -1.26. The van der Waals surface area contributed by atoms with Gasteiger partial charge in [-0.1, -0.05) is 19.1 Å². The molecule has 0 spiro atoms. The van der Waals surface area contributed by atoms with E-state index in [2.05, 4.69) is 17.1 Å². The van der Waals surface area contributed by atoms with Crippen LogP contribution in [0.4, 0.5) is 0 Å². The van der Waals surface area contributed by atoms with E-state index in [1.54, 1.807) is 0 Å². The molecule has 0 bridgehead atoms. The zero-order chi connectivity index (χ0) is 15.1. The lowest BCUT2D eigenvalue weighted by molar-refractivity contribution is 0.209. The van der Waals surface area contributed by atoms with Crippen molar-refractivity contribution in [2.24, 2.45) is 5.41 Å². The van der Waals surface area contributed by atoms with Crippen molar-refractivity contribution in [3.05, 3.63) is 24.3 Å². The molecule has 1 unspecified atom stereocenters. The zero-order valence-corrected chi connectivity index (χ0v) is 13.5. The molecule has 0 radical (unpaired) electrons. The zero-order valence-electron chi connectivity index (χ0n) is 13.5. The Morgan fingerprint density at radius 2 is 1.95 bits per heavy atom. The topological polar surface area (TPSA) is 33.7 Å². The van der Waals surface area contributed by atoms with Crippen LogP contribution < -0.4 is 14.8 Å². The summed E-state index contributed by atoms with van der Waals surface area (Å²) in [6.07, 6.45) is 1.25. The molecule has 1 atom stereocenters. The van der Waals surface area contributed by atoms with Gasteiger partial charge in [-0.2, -0.15) is 0 Å². The van der Waals surface area contributed by atoms with Crippen molar-refractivity contribution in [3.8, 4) is 11.5 Å². The Morgan fingerprint density at radius 3 is 2.62 bits per heavy atom. The van der Waals surface area contributed by atoms with E-state index in [1.165, 1.54) is 6.42 Å². The highest BCUT2D eigenvalue weighted by molar-refractivity contribution is 5.39. The van der Waals surface area contributed by atoms with Crippen molar-refractivity contribution in [3.63, 3.8) is 0 Å². The Morgan fingerprint density at radius 1 is 1.24 bits per heavy atom. The first-order chi connectivity index (χ1) is 10.2. The fourth-order valence-corrected chi connectivity index (χ4v) is 3.02. The van der Waals surface area contributed by atoms with Crippen molar-refractivity contribution in [1.29, 1.82) is 0 Å². The number of nitrogens with zero attached hydrogens (tertiary/aromatic N) is 1. The van der Waals surface area contributed by atoms with Gasteiger partial charge >= 0.3 is 0 Å². The summed E-state index contributed by atoms with van der Waals surface area (Å²) < 4.78 is 11.5. The van der Waals surface area contributed by atoms with Crippen LogP contribution in [0.15, 0.2) is 24.3 Å². The number of hydrogen-bond acceptors (Lipinski definition) is 4. The highest BCUT2D eigenvalue weighted by Gasteiger charge is 2.32. The molecule has 0 saturated carbocycles. The fourth-order valence-electron chi connectivity index (χ4n) is 3.02. The molecule has 118 valence electrons. The summed E-state index contributed by atoms with van der Waals surface area (Å²) in [6, 6.07) is 7.89. The summed E-state index contributed by atoms with van der Waals surface area (Å²) in [5.41, 5.74) is 0.401. The maximum absolute atomic E-state index is 5.90. The van der Waals surface area contributed by atoms with E-state index in [0.717, 1.165) is 37.7 Å². The number of ether oxygens (including phenoxy) is 2. The van der Waals surface area contributed by atoms with Gasteiger partial charge in [0.1, 0.15) is 6.61 Å². The molecule has 1 fully saturated rings. The first-order valence-corrected chi connectivity index (χ1v) is 7.88. The van der Waals surface area contributed by atoms with E-state index >= 15 is 0 Å². The van der Waals surface area contributed by atoms with Crippen LogP contribution in [0.1, 0.15) is 20.3 Å². The average molecular weight is 292 g/mol. The number of nitrogens with one attached hydrogen (secondary N) is 1. The third-order valence-electron chi connectivity index (χ3n) is 4.05. The van der Waals surface area contributed by atoms with Gasteiger partial charge in [0.25, 0.3) is 0 Å². The van der Waals surface area contributed by atoms with Crippen molar-refractivity contribution in [2.75, 3.05) is 46.4 Å². The number of benzene rings is 1. The first kappa shape index (κ1) is 16.1. The summed E-state index contributed by atoms with van der Waals surface area (Å²) in [6.45, 7) is 10.1. The Labute approximate surface area is 128 Å². The van der Waals surface area contributed by atoms with Crippen LogP contribution in [-0.4, -0.2) is 51.3 Å². The predicted molar refractivity (Wildman–Crippen MR) is 86.2 cm³/mol. The number of para-hydroxylation sites is 2. The van der Waals surface area contributed by atoms with Gasteiger partial charge in [0, 0.05) is 19.6 Å². The van der Waals surface area contributed by atoms with E-state index in [-0.39, 0.29) is 0 Å². The molecule has 1 aromatic rings. The summed E-state index contributed by atoms with van der Waals surface area (Å²) in [4.78, 5) is 2.49. The normalized spacial score (nSPS) is 22.4. The molecule has 0 aliphatic carbocycles. The molecule has 4 heteroatoms. The van der Waals surface area contributed by atoms with Gasteiger partial charge < -0.3 is 14.8 Å². The molecule has 1 aromatic carbocycles. The molecular weight excluding hydrogens is 264 g/mol. The molecule has 1 saturated heterocycles. The summed E-state index contributed by atoms with van der Waals surface area (Å²) in [7, 11) is 2.03. The summed E-state index contributed by atoms with van der Waals surface area (Å²) in [5, 5.41) is 3.30. The van der Waals surface area contributed by atoms with Crippen LogP contribution in [-0.2, 0) is 0 Å². The second-order valence-electron chi connectivity index (χ2n) is 6.10. The third kappa shape index (κ3) is 4.61. The Balaban J connectivity index is 1.78. The van der Waals surface area contributed by atoms with Crippen LogP contribution >= 0.6 is 0 Å². The van der Waals surface area contributed by atoms with Crippen molar-refractivity contribution < 1.29 is 9.47 Å². The van der Waals surface area contributed by atoms with E-state index in [4.69, 9.17) is 9.47 Å². The van der Waals surface area contributed by atoms with Gasteiger partial charge in [0.15, 0.2) is 11.5 Å². The lowest BCUT2D eigenvalue weighted by Crippen LogP contribution is -2.34. The SMILES string of the molecule is CCOc1ccccc1OCCN1CCC(C)(CNC)C1. The number of hydrogen-bond donors (Lipinski definition) is 1. The molecule has 1 aliphatic heterocycles. The predicted octanol–water partition coefficient (Wildman–Crippen LogP) is 2.40. The minimum atomic E-state index is 0.401. The highest BCUT2D eigenvalue weighted by atomic mass is 16.5. The molecule has 1 heterocycles. The highest BCUT2D eigenvalue weighted by Crippen LogP contribution is 2.29. The van der Waals surface area contributed by atoms with Gasteiger partial charge in [0.2, 0.25) is 0 Å². The second kappa shape index (κ2) is 7.66. The molecule has 2 rings (SSSR count). The van der Waals surface area contributed by atoms with Crippen LogP contribution in [0.25, 0.3) is 0 Å². The average Bonchev–Trinajstić information content (AvgIpc) is 2.83. The maximum Gasteiger partial charge on any atom is 0.161 e. The largest absolute Gasteiger partial charge is 0.490 e. The smallest absolute Gasteiger partial charge is 0.161 e. The third-order valence-corrected chi connectivity index (χ3v) is 4.05. The van der Waals surface area contributed by atoms with Crippen LogP contribution in [0.3, 0.4) is 0 Å².